The van der Waals surface area contributed by atoms with E-state index in [4.69, 9.17) is 0 Å². The molecule has 1 unspecified atom stereocenters. The molecular weight excluding hydrogens is 270 g/mol. The number of benzene rings is 1. The van der Waals surface area contributed by atoms with Crippen LogP contribution in [0.1, 0.15) is 12.8 Å². The van der Waals surface area contributed by atoms with Crippen molar-refractivity contribution in [2.75, 3.05) is 18.0 Å². The maximum Gasteiger partial charge on any atom is 0.311 e. The molecule has 0 spiro atoms. The molecule has 1 aliphatic rings. The minimum absolute atomic E-state index is 0.000231. The molecule has 6 nitrogen and oxygen atoms in total. The second-order valence-electron chi connectivity index (χ2n) is 5.25. The van der Waals surface area contributed by atoms with E-state index in [0.29, 0.717) is 12.2 Å². The van der Waals surface area contributed by atoms with Crippen molar-refractivity contribution >= 4 is 28.6 Å². The van der Waals surface area contributed by atoms with E-state index in [2.05, 4.69) is 4.98 Å². The molecule has 0 amide bonds. The number of aromatic nitrogens is 1. The van der Waals surface area contributed by atoms with E-state index in [1.54, 1.807) is 0 Å². The molecule has 0 radical (unpaired) electrons. The number of carbonyl (C=O) groups is 1. The fraction of sp³-hybridized carbons (Fsp3) is 0.333. The highest BCUT2D eigenvalue weighted by atomic mass is 16.6. The Labute approximate surface area is 121 Å². The summed E-state index contributed by atoms with van der Waals surface area (Å²) in [6.07, 6.45) is 3.96. The van der Waals surface area contributed by atoms with Crippen LogP contribution in [0.3, 0.4) is 0 Å². The molecule has 0 saturated carbocycles. The van der Waals surface area contributed by atoms with Crippen molar-refractivity contribution in [3.8, 4) is 0 Å². The molecule has 108 valence electrons. The van der Waals surface area contributed by atoms with E-state index in [-0.39, 0.29) is 11.6 Å². The molecule has 1 saturated heterocycles. The van der Waals surface area contributed by atoms with Crippen molar-refractivity contribution in [1.29, 1.82) is 0 Å². The molecule has 0 N–H and O–H groups in total. The highest BCUT2D eigenvalue weighted by molar-refractivity contribution is 5.96. The Morgan fingerprint density at radius 1 is 1.38 bits per heavy atom. The number of fused-ring (bicyclic) bond motifs is 1. The number of anilines is 1. The molecule has 1 aromatic carbocycles. The van der Waals surface area contributed by atoms with Gasteiger partial charge in [-0.1, -0.05) is 18.2 Å². The topological polar surface area (TPSA) is 76.3 Å². The molecule has 0 aliphatic carbocycles. The lowest BCUT2D eigenvalue weighted by Crippen LogP contribution is -2.36. The van der Waals surface area contributed by atoms with E-state index in [0.717, 1.165) is 36.6 Å². The number of carbonyl (C=O) groups excluding carboxylic acids is 1. The third-order valence-electron chi connectivity index (χ3n) is 3.89. The molecule has 6 heteroatoms. The lowest BCUT2D eigenvalue weighted by molar-refractivity contribution is -0.384. The minimum atomic E-state index is -0.403. The second-order valence-corrected chi connectivity index (χ2v) is 5.25. The van der Waals surface area contributed by atoms with Gasteiger partial charge in [0.25, 0.3) is 0 Å². The van der Waals surface area contributed by atoms with Crippen LogP contribution >= 0.6 is 0 Å². The van der Waals surface area contributed by atoms with Crippen LogP contribution in [0, 0.1) is 16.0 Å². The Kier molecular flexibility index (Phi) is 3.51. The summed E-state index contributed by atoms with van der Waals surface area (Å²) in [5, 5.41) is 12.1. The van der Waals surface area contributed by atoms with Crippen molar-refractivity contribution < 1.29 is 9.72 Å². The zero-order valence-electron chi connectivity index (χ0n) is 11.4. The van der Waals surface area contributed by atoms with Crippen LogP contribution in [0.5, 0.6) is 0 Å². The number of nitrogens with zero attached hydrogens (tertiary/aromatic N) is 3. The first-order chi connectivity index (χ1) is 10.2. The van der Waals surface area contributed by atoms with Gasteiger partial charge in [0, 0.05) is 24.4 Å². The lowest BCUT2D eigenvalue weighted by Gasteiger charge is -2.32. The molecule has 21 heavy (non-hydrogen) atoms. The summed E-state index contributed by atoms with van der Waals surface area (Å²) >= 11 is 0. The van der Waals surface area contributed by atoms with Crippen molar-refractivity contribution in [3.05, 3.63) is 40.6 Å². The Morgan fingerprint density at radius 2 is 2.19 bits per heavy atom. The molecule has 3 rings (SSSR count). The van der Waals surface area contributed by atoms with Crippen molar-refractivity contribution in [2.24, 2.45) is 5.92 Å². The van der Waals surface area contributed by atoms with Gasteiger partial charge < -0.3 is 9.69 Å². The molecule has 1 aromatic heterocycles. The third kappa shape index (κ3) is 2.44. The number of aldehydes is 1. The highest BCUT2D eigenvalue weighted by Crippen LogP contribution is 2.36. The zero-order valence-corrected chi connectivity index (χ0v) is 11.4. The van der Waals surface area contributed by atoms with Gasteiger partial charge in [-0.25, -0.2) is 4.98 Å². The second kappa shape index (κ2) is 5.47. The Hall–Kier alpha value is -2.50. The van der Waals surface area contributed by atoms with Gasteiger partial charge in [0.1, 0.15) is 18.2 Å². The number of pyridine rings is 1. The zero-order chi connectivity index (χ0) is 14.8. The minimum Gasteiger partial charge on any atom is -0.365 e. The van der Waals surface area contributed by atoms with Crippen LogP contribution in [0.4, 0.5) is 11.4 Å². The maximum absolute atomic E-state index is 11.3. The van der Waals surface area contributed by atoms with Gasteiger partial charge in [-0.3, -0.25) is 10.1 Å². The fourth-order valence-electron chi connectivity index (χ4n) is 2.91. The first-order valence-electron chi connectivity index (χ1n) is 6.93. The van der Waals surface area contributed by atoms with E-state index in [1.165, 1.54) is 6.20 Å². The number of piperidine rings is 1. The van der Waals surface area contributed by atoms with Gasteiger partial charge in [-0.15, -0.1) is 0 Å². The molecule has 2 aromatic rings. The Balaban J connectivity index is 2.16. The summed E-state index contributed by atoms with van der Waals surface area (Å²) < 4.78 is 0. The highest BCUT2D eigenvalue weighted by Gasteiger charge is 2.27. The van der Waals surface area contributed by atoms with Gasteiger partial charge >= 0.3 is 5.69 Å². The van der Waals surface area contributed by atoms with E-state index < -0.39 is 4.92 Å². The first-order valence-corrected chi connectivity index (χ1v) is 6.93. The Bertz CT molecular complexity index is 702. The quantitative estimate of drug-likeness (QED) is 0.492. The number of para-hydroxylation sites is 1. The molecule has 0 bridgehead atoms. The number of nitro groups is 1. The summed E-state index contributed by atoms with van der Waals surface area (Å²) in [6.45, 7) is 1.25. The van der Waals surface area contributed by atoms with Crippen LogP contribution in [0.15, 0.2) is 30.5 Å². The monoisotopic (exact) mass is 285 g/mol. The number of hydrogen-bond donors (Lipinski definition) is 0. The molecule has 2 heterocycles. The standard InChI is InChI=1S/C15H15N3O3/c19-10-11-4-3-7-17(9-11)15-12-5-1-2-6-13(12)16-8-14(15)18(20)21/h1-2,5-6,8,10-11H,3-4,7,9H2. The van der Waals surface area contributed by atoms with Crippen molar-refractivity contribution in [1.82, 2.24) is 4.98 Å². The average molecular weight is 285 g/mol. The summed E-state index contributed by atoms with van der Waals surface area (Å²) in [5.41, 5.74) is 1.31. The predicted octanol–water partition coefficient (Wildman–Crippen LogP) is 2.56. The normalized spacial score (nSPS) is 18.7. The molecule has 1 aliphatic heterocycles. The smallest absolute Gasteiger partial charge is 0.311 e. The van der Waals surface area contributed by atoms with Crippen LogP contribution in [0.2, 0.25) is 0 Å². The third-order valence-corrected chi connectivity index (χ3v) is 3.89. The van der Waals surface area contributed by atoms with Crippen LogP contribution in [-0.2, 0) is 4.79 Å². The maximum atomic E-state index is 11.3. The fourth-order valence-corrected chi connectivity index (χ4v) is 2.91. The van der Waals surface area contributed by atoms with E-state index in [1.807, 2.05) is 29.2 Å². The van der Waals surface area contributed by atoms with Gasteiger partial charge in [0.2, 0.25) is 0 Å². The predicted molar refractivity (Wildman–Crippen MR) is 79.4 cm³/mol. The van der Waals surface area contributed by atoms with E-state index >= 15 is 0 Å². The van der Waals surface area contributed by atoms with Crippen molar-refractivity contribution in [3.63, 3.8) is 0 Å². The van der Waals surface area contributed by atoms with Crippen LogP contribution in [0.25, 0.3) is 10.9 Å². The first kappa shape index (κ1) is 13.5. The molecule has 1 fully saturated rings. The van der Waals surface area contributed by atoms with Gasteiger partial charge in [-0.2, -0.15) is 0 Å². The van der Waals surface area contributed by atoms with Crippen LogP contribution in [-0.4, -0.2) is 29.3 Å². The largest absolute Gasteiger partial charge is 0.365 e. The van der Waals surface area contributed by atoms with Gasteiger partial charge in [0.15, 0.2) is 0 Å². The Morgan fingerprint density at radius 3 is 2.95 bits per heavy atom. The average Bonchev–Trinajstić information content (AvgIpc) is 2.53. The van der Waals surface area contributed by atoms with Crippen LogP contribution < -0.4 is 4.90 Å². The van der Waals surface area contributed by atoms with Gasteiger partial charge in [-0.05, 0) is 18.9 Å². The number of rotatable bonds is 3. The number of hydrogen-bond acceptors (Lipinski definition) is 5. The van der Waals surface area contributed by atoms with E-state index in [9.17, 15) is 14.9 Å². The summed E-state index contributed by atoms with van der Waals surface area (Å²) in [7, 11) is 0. The van der Waals surface area contributed by atoms with Crippen molar-refractivity contribution in [2.45, 2.75) is 12.8 Å². The van der Waals surface area contributed by atoms with Gasteiger partial charge in [0.05, 0.1) is 10.4 Å². The summed E-state index contributed by atoms with van der Waals surface area (Å²) in [6, 6.07) is 7.38. The molecule has 1 atom stereocenters. The lowest BCUT2D eigenvalue weighted by atomic mass is 9.98. The molecular formula is C15H15N3O3. The summed E-state index contributed by atoms with van der Waals surface area (Å²) in [5.74, 6) is -0.0646. The SMILES string of the molecule is O=CC1CCCN(c2c([N+](=O)[O-])cnc3ccccc23)C1. The summed E-state index contributed by atoms with van der Waals surface area (Å²) in [4.78, 5) is 28.1.